The molecule has 4 N–H and O–H groups in total. The molecule has 1 unspecified atom stereocenters. The van der Waals surface area contributed by atoms with Crippen LogP contribution in [0.4, 0.5) is 0 Å². The van der Waals surface area contributed by atoms with E-state index in [0.717, 1.165) is 4.90 Å². The number of carbonyl (C=O) groups excluding carboxylic acids is 1. The Kier molecular flexibility index (Phi) is 3.77. The van der Waals surface area contributed by atoms with Gasteiger partial charge in [-0.05, 0) is 0 Å². The van der Waals surface area contributed by atoms with Crippen molar-refractivity contribution in [2.45, 2.75) is 24.1 Å². The number of hydrogen-bond donors (Lipinski definition) is 3. The number of primary sulfonamides is 1. The van der Waals surface area contributed by atoms with Gasteiger partial charge in [0.15, 0.2) is 0 Å². The fourth-order valence-electron chi connectivity index (χ4n) is 2.15. The van der Waals surface area contributed by atoms with E-state index in [1.165, 1.54) is 12.5 Å². The number of imidazole rings is 1. The van der Waals surface area contributed by atoms with E-state index < -0.39 is 33.2 Å². The molecule has 2 heterocycles. The minimum atomic E-state index is -3.87. The number of aliphatic carboxylic acids is 1. The van der Waals surface area contributed by atoms with Crippen LogP contribution in [0.25, 0.3) is 0 Å². The molecule has 0 bridgehead atoms. The number of rotatable bonds is 5. The Morgan fingerprint density at radius 3 is 2.80 bits per heavy atom. The van der Waals surface area contributed by atoms with Gasteiger partial charge in [-0.1, -0.05) is 0 Å². The van der Waals surface area contributed by atoms with Gasteiger partial charge in [-0.2, -0.15) is 0 Å². The van der Waals surface area contributed by atoms with E-state index in [0.29, 0.717) is 5.69 Å². The smallest absolute Gasteiger partial charge is 0.326 e. The van der Waals surface area contributed by atoms with E-state index in [4.69, 9.17) is 5.14 Å². The van der Waals surface area contributed by atoms with Gasteiger partial charge in [0.05, 0.1) is 6.33 Å². The monoisotopic (exact) mass is 302 g/mol. The Labute approximate surface area is 114 Å². The maximum atomic E-state index is 11.8. The lowest BCUT2D eigenvalue weighted by atomic mass is 10.1. The van der Waals surface area contributed by atoms with Gasteiger partial charge in [0.1, 0.15) is 11.3 Å². The second-order valence-corrected chi connectivity index (χ2v) is 6.44. The van der Waals surface area contributed by atoms with Crippen LogP contribution in [0.1, 0.15) is 12.1 Å². The third-order valence-electron chi connectivity index (χ3n) is 3.22. The van der Waals surface area contributed by atoms with Gasteiger partial charge in [-0.15, -0.1) is 0 Å². The van der Waals surface area contributed by atoms with Crippen LogP contribution >= 0.6 is 0 Å². The number of nitrogens with one attached hydrogen (secondary N) is 1. The van der Waals surface area contributed by atoms with Gasteiger partial charge in [0.25, 0.3) is 0 Å². The zero-order chi connectivity index (χ0) is 14.9. The normalized spacial score (nSPS) is 21.1. The average molecular weight is 302 g/mol. The largest absolute Gasteiger partial charge is 0.480 e. The molecule has 2 rings (SSSR count). The lowest BCUT2D eigenvalue weighted by Gasteiger charge is -2.24. The molecular formula is C10H14N4O5S. The van der Waals surface area contributed by atoms with Crippen LogP contribution in [0.15, 0.2) is 12.5 Å². The lowest BCUT2D eigenvalue weighted by Crippen LogP contribution is -2.44. The molecule has 0 aromatic carbocycles. The Morgan fingerprint density at radius 1 is 1.65 bits per heavy atom. The average Bonchev–Trinajstić information content (AvgIpc) is 2.94. The summed E-state index contributed by atoms with van der Waals surface area (Å²) in [5.74, 6) is -1.74. The molecule has 1 amide bonds. The number of nitrogens with zero attached hydrogens (tertiary/aromatic N) is 2. The number of hydrogen-bond acceptors (Lipinski definition) is 5. The number of amides is 1. The number of nitrogens with two attached hydrogens (primary N) is 1. The number of aromatic nitrogens is 2. The third kappa shape index (κ3) is 2.96. The van der Waals surface area contributed by atoms with Crippen molar-refractivity contribution in [3.63, 3.8) is 0 Å². The summed E-state index contributed by atoms with van der Waals surface area (Å²) < 4.78 is 22.5. The van der Waals surface area contributed by atoms with Crippen molar-refractivity contribution in [1.82, 2.24) is 14.9 Å². The van der Waals surface area contributed by atoms with Crippen LogP contribution in [0.3, 0.4) is 0 Å². The number of carboxylic acids is 1. The summed E-state index contributed by atoms with van der Waals surface area (Å²) in [5, 5.41) is 13.2. The van der Waals surface area contributed by atoms with Gasteiger partial charge in [0.2, 0.25) is 15.9 Å². The molecule has 0 radical (unpaired) electrons. The Morgan fingerprint density at radius 2 is 2.35 bits per heavy atom. The van der Waals surface area contributed by atoms with Crippen molar-refractivity contribution >= 4 is 21.9 Å². The topological polar surface area (TPSA) is 146 Å². The number of sulfonamides is 1. The van der Waals surface area contributed by atoms with Crippen molar-refractivity contribution in [2.75, 3.05) is 6.54 Å². The highest BCUT2D eigenvalue weighted by Crippen LogP contribution is 2.21. The minimum absolute atomic E-state index is 0.0262. The SMILES string of the molecule is NS(=O)(=O)C1CC(=O)N([C@@H](Cc2cnc[nH]2)C(=O)O)C1. The summed E-state index contributed by atoms with van der Waals surface area (Å²) in [4.78, 5) is 30.7. The third-order valence-corrected chi connectivity index (χ3v) is 4.46. The predicted molar refractivity (Wildman–Crippen MR) is 66.9 cm³/mol. The second-order valence-electron chi connectivity index (χ2n) is 4.60. The van der Waals surface area contributed by atoms with E-state index in [-0.39, 0.29) is 19.4 Å². The molecular weight excluding hydrogens is 288 g/mol. The van der Waals surface area contributed by atoms with Crippen LogP contribution in [-0.4, -0.2) is 58.1 Å². The highest BCUT2D eigenvalue weighted by molar-refractivity contribution is 7.89. The Hall–Kier alpha value is -1.94. The summed E-state index contributed by atoms with van der Waals surface area (Å²) in [6.07, 6.45) is 2.59. The number of likely N-dealkylation sites (tertiary alicyclic amines) is 1. The van der Waals surface area contributed by atoms with Crippen molar-refractivity contribution in [3.05, 3.63) is 18.2 Å². The zero-order valence-electron chi connectivity index (χ0n) is 10.4. The fourth-order valence-corrected chi connectivity index (χ4v) is 2.90. The predicted octanol–water partition coefficient (Wildman–Crippen LogP) is -1.71. The first kappa shape index (κ1) is 14.5. The van der Waals surface area contributed by atoms with Crippen LogP contribution in [0, 0.1) is 0 Å². The maximum Gasteiger partial charge on any atom is 0.326 e. The van der Waals surface area contributed by atoms with Gasteiger partial charge >= 0.3 is 5.97 Å². The van der Waals surface area contributed by atoms with Crippen LogP contribution in [0.5, 0.6) is 0 Å². The standard InChI is InChI=1S/C10H14N4O5S/c11-20(18,19)7-2-9(15)14(4-7)8(10(16)17)1-6-3-12-5-13-6/h3,5,7-8H,1-2,4H2,(H,12,13)(H,16,17)(H2,11,18,19)/t7?,8-/m0/s1. The minimum Gasteiger partial charge on any atom is -0.480 e. The number of aromatic amines is 1. The summed E-state index contributed by atoms with van der Waals surface area (Å²) in [5.41, 5.74) is 0.546. The number of carboxylic acid groups (broad SMARTS) is 1. The van der Waals surface area contributed by atoms with Gasteiger partial charge in [-0.25, -0.2) is 23.3 Å². The molecule has 1 aromatic rings. The summed E-state index contributed by atoms with van der Waals surface area (Å²) in [7, 11) is -3.87. The van der Waals surface area contributed by atoms with E-state index in [1.54, 1.807) is 0 Å². The Balaban J connectivity index is 2.18. The number of H-pyrrole nitrogens is 1. The summed E-state index contributed by atoms with van der Waals surface area (Å²) in [6.45, 7) is -0.206. The second kappa shape index (κ2) is 5.21. The lowest BCUT2D eigenvalue weighted by molar-refractivity contribution is -0.148. The van der Waals surface area contributed by atoms with Crippen molar-refractivity contribution in [1.29, 1.82) is 0 Å². The fraction of sp³-hybridized carbons (Fsp3) is 0.500. The first-order valence-electron chi connectivity index (χ1n) is 5.80. The highest BCUT2D eigenvalue weighted by atomic mass is 32.2. The van der Waals surface area contributed by atoms with E-state index >= 15 is 0 Å². The molecule has 110 valence electrons. The van der Waals surface area contributed by atoms with E-state index in [1.807, 2.05) is 0 Å². The molecule has 20 heavy (non-hydrogen) atoms. The Bertz CT molecular complexity index is 612. The van der Waals surface area contributed by atoms with Crippen molar-refractivity contribution in [3.8, 4) is 0 Å². The summed E-state index contributed by atoms with van der Waals surface area (Å²) >= 11 is 0. The molecule has 1 aliphatic heterocycles. The zero-order valence-corrected chi connectivity index (χ0v) is 11.2. The molecule has 1 fully saturated rings. The molecule has 9 nitrogen and oxygen atoms in total. The molecule has 0 aliphatic carbocycles. The quantitative estimate of drug-likeness (QED) is 0.590. The molecule has 1 aliphatic rings. The molecule has 0 saturated carbocycles. The highest BCUT2D eigenvalue weighted by Gasteiger charge is 2.42. The molecule has 10 heteroatoms. The van der Waals surface area contributed by atoms with Crippen LogP contribution < -0.4 is 5.14 Å². The first-order chi connectivity index (χ1) is 9.29. The molecule has 1 aromatic heterocycles. The number of carbonyl (C=O) groups is 2. The van der Waals surface area contributed by atoms with E-state index in [9.17, 15) is 23.1 Å². The van der Waals surface area contributed by atoms with Crippen molar-refractivity contribution < 1.29 is 23.1 Å². The van der Waals surface area contributed by atoms with Gasteiger partial charge < -0.3 is 15.0 Å². The van der Waals surface area contributed by atoms with Gasteiger partial charge in [-0.3, -0.25) is 4.79 Å². The van der Waals surface area contributed by atoms with E-state index in [2.05, 4.69) is 9.97 Å². The maximum absolute atomic E-state index is 11.8. The molecule has 2 atom stereocenters. The van der Waals surface area contributed by atoms with Crippen LogP contribution in [0.2, 0.25) is 0 Å². The summed E-state index contributed by atoms with van der Waals surface area (Å²) in [6, 6.07) is -1.14. The van der Waals surface area contributed by atoms with Gasteiger partial charge in [0, 0.05) is 31.3 Å². The van der Waals surface area contributed by atoms with Crippen LogP contribution in [-0.2, 0) is 26.0 Å². The van der Waals surface area contributed by atoms with Crippen molar-refractivity contribution in [2.24, 2.45) is 5.14 Å². The molecule has 1 saturated heterocycles. The first-order valence-corrected chi connectivity index (χ1v) is 7.41. The molecule has 0 spiro atoms.